The summed E-state index contributed by atoms with van der Waals surface area (Å²) in [5.74, 6) is 0.421. The van der Waals surface area contributed by atoms with Crippen molar-refractivity contribution in [3.63, 3.8) is 0 Å². The van der Waals surface area contributed by atoms with E-state index in [1.54, 1.807) is 24.3 Å². The zero-order chi connectivity index (χ0) is 21.3. The van der Waals surface area contributed by atoms with Crippen LogP contribution in [0.1, 0.15) is 17.3 Å². The van der Waals surface area contributed by atoms with Crippen LogP contribution in [0, 0.1) is 0 Å². The normalized spacial score (nSPS) is 10.8. The van der Waals surface area contributed by atoms with E-state index in [4.69, 9.17) is 16.6 Å². The number of fused-ring (bicyclic) bond motifs is 2. The van der Waals surface area contributed by atoms with Crippen molar-refractivity contribution in [3.05, 3.63) is 70.4 Å². The van der Waals surface area contributed by atoms with Crippen LogP contribution in [0.3, 0.4) is 0 Å². The lowest BCUT2D eigenvalue weighted by atomic mass is 9.91. The van der Waals surface area contributed by atoms with Crippen molar-refractivity contribution in [1.29, 1.82) is 0 Å². The van der Waals surface area contributed by atoms with Gasteiger partial charge in [-0.05, 0) is 61.1 Å². The first kappa shape index (κ1) is 19.6. The summed E-state index contributed by atoms with van der Waals surface area (Å²) in [7, 11) is 0. The van der Waals surface area contributed by atoms with Crippen LogP contribution >= 0.6 is 12.2 Å². The third kappa shape index (κ3) is 3.62. The Morgan fingerprint density at radius 3 is 2.67 bits per heavy atom. The molecular formula is C23H18N2O4S. The van der Waals surface area contributed by atoms with E-state index in [0.717, 1.165) is 11.8 Å². The Bertz CT molecular complexity index is 1310. The van der Waals surface area contributed by atoms with Crippen molar-refractivity contribution in [2.24, 2.45) is 0 Å². The number of phenolic OH excluding ortho intramolecular Hbond substituents is 1. The second-order valence-corrected chi connectivity index (χ2v) is 7.13. The molecule has 0 atom stereocenters. The highest BCUT2D eigenvalue weighted by molar-refractivity contribution is 7.80. The number of benzene rings is 3. The van der Waals surface area contributed by atoms with Crippen molar-refractivity contribution in [1.82, 2.24) is 5.32 Å². The molecule has 0 spiro atoms. The fourth-order valence-corrected chi connectivity index (χ4v) is 3.71. The molecule has 0 bridgehead atoms. The number of aldehydes is 1. The van der Waals surface area contributed by atoms with Gasteiger partial charge in [-0.3, -0.25) is 9.59 Å². The number of hydrogen-bond donors (Lipinski definition) is 3. The van der Waals surface area contributed by atoms with E-state index in [0.29, 0.717) is 50.8 Å². The summed E-state index contributed by atoms with van der Waals surface area (Å²) in [5, 5.41) is 17.1. The minimum Gasteiger partial charge on any atom is -0.508 e. The molecule has 2 aromatic rings. The molecule has 4 rings (SSSR count). The zero-order valence-electron chi connectivity index (χ0n) is 16.1. The molecule has 0 amide bonds. The lowest BCUT2D eigenvalue weighted by molar-refractivity contribution is 0.112. The van der Waals surface area contributed by atoms with Gasteiger partial charge in [-0.25, -0.2) is 0 Å². The first-order valence-electron chi connectivity index (χ1n) is 9.34. The van der Waals surface area contributed by atoms with Gasteiger partial charge in [-0.2, -0.15) is 0 Å². The lowest BCUT2D eigenvalue weighted by Crippen LogP contribution is -2.27. The molecular weight excluding hydrogens is 400 g/mol. The molecule has 0 saturated heterocycles. The predicted molar refractivity (Wildman–Crippen MR) is 121 cm³/mol. The molecule has 7 heteroatoms. The van der Waals surface area contributed by atoms with E-state index in [-0.39, 0.29) is 11.2 Å². The highest BCUT2D eigenvalue weighted by Gasteiger charge is 2.20. The number of phenols is 1. The Morgan fingerprint density at radius 1 is 1.10 bits per heavy atom. The van der Waals surface area contributed by atoms with E-state index in [1.165, 1.54) is 18.2 Å². The lowest BCUT2D eigenvalue weighted by Gasteiger charge is -2.17. The summed E-state index contributed by atoms with van der Waals surface area (Å²) < 4.78 is 5.86. The van der Waals surface area contributed by atoms with Crippen LogP contribution < -0.4 is 16.1 Å². The van der Waals surface area contributed by atoms with Crippen LogP contribution in [0.4, 0.5) is 5.69 Å². The van der Waals surface area contributed by atoms with Crippen molar-refractivity contribution < 1.29 is 14.3 Å². The average molecular weight is 418 g/mol. The Hall–Kier alpha value is -3.71. The minimum atomic E-state index is -0.191. The van der Waals surface area contributed by atoms with E-state index in [1.807, 2.05) is 19.1 Å². The SMILES string of the molecule is CCNC(=S)Nc1ccc(-c2c3ccc(=O)cc-3oc3cc(O)ccc23)c(C=O)c1. The van der Waals surface area contributed by atoms with Crippen LogP contribution in [-0.4, -0.2) is 23.0 Å². The van der Waals surface area contributed by atoms with Gasteiger partial charge in [0.15, 0.2) is 16.8 Å². The standard InChI is InChI=1S/C23H18N2O4S/c1-2-24-23(30)25-14-3-6-17(13(9-14)12-26)22-18-7-4-15(27)10-20(18)29-21-11-16(28)5-8-19(21)22/h3-12,27H,2H2,1H3,(H2,24,25,30). The number of anilines is 1. The number of nitrogens with one attached hydrogen (secondary N) is 2. The molecule has 0 saturated carbocycles. The van der Waals surface area contributed by atoms with E-state index in [2.05, 4.69) is 10.6 Å². The molecule has 150 valence electrons. The van der Waals surface area contributed by atoms with Gasteiger partial charge in [0.05, 0.1) is 0 Å². The third-order valence-corrected chi connectivity index (χ3v) is 4.97. The molecule has 6 nitrogen and oxygen atoms in total. The Balaban J connectivity index is 1.97. The fourth-order valence-electron chi connectivity index (χ4n) is 3.45. The maximum Gasteiger partial charge on any atom is 0.182 e. The first-order valence-corrected chi connectivity index (χ1v) is 9.75. The van der Waals surface area contributed by atoms with Crippen LogP contribution in [0.25, 0.3) is 33.4 Å². The molecule has 0 fully saturated rings. The van der Waals surface area contributed by atoms with Crippen molar-refractivity contribution in [2.45, 2.75) is 6.92 Å². The molecule has 2 aliphatic rings. The largest absolute Gasteiger partial charge is 0.508 e. The Kier molecular flexibility index (Phi) is 5.20. The van der Waals surface area contributed by atoms with E-state index >= 15 is 0 Å². The summed E-state index contributed by atoms with van der Waals surface area (Å²) in [5.41, 5.74) is 3.47. The van der Waals surface area contributed by atoms with Crippen molar-refractivity contribution in [3.8, 4) is 28.2 Å². The third-order valence-electron chi connectivity index (χ3n) is 4.72. The van der Waals surface area contributed by atoms with Crippen LogP contribution in [0.5, 0.6) is 5.75 Å². The van der Waals surface area contributed by atoms with Gasteiger partial charge in [0.25, 0.3) is 0 Å². The smallest absolute Gasteiger partial charge is 0.182 e. The van der Waals surface area contributed by atoms with E-state index < -0.39 is 0 Å². The number of rotatable bonds is 4. The second-order valence-electron chi connectivity index (χ2n) is 6.72. The number of hydrogen-bond acceptors (Lipinski definition) is 5. The topological polar surface area (TPSA) is 91.6 Å². The van der Waals surface area contributed by atoms with Crippen LogP contribution in [-0.2, 0) is 0 Å². The van der Waals surface area contributed by atoms with Gasteiger partial charge in [0.1, 0.15) is 17.1 Å². The number of aromatic hydroxyl groups is 1. The summed E-state index contributed by atoms with van der Waals surface area (Å²) in [6, 6.07) is 14.7. The number of carbonyl (C=O) groups excluding carboxylic acids is 1. The number of carbonyl (C=O) groups is 1. The molecule has 1 heterocycles. The molecule has 0 unspecified atom stereocenters. The zero-order valence-corrected chi connectivity index (χ0v) is 16.9. The highest BCUT2D eigenvalue weighted by Crippen LogP contribution is 2.42. The highest BCUT2D eigenvalue weighted by atomic mass is 32.1. The minimum absolute atomic E-state index is 0.0434. The summed E-state index contributed by atoms with van der Waals surface area (Å²) in [6.07, 6.45) is 0.779. The second kappa shape index (κ2) is 7.96. The van der Waals surface area contributed by atoms with Gasteiger partial charge in [-0.15, -0.1) is 0 Å². The van der Waals surface area contributed by atoms with Crippen molar-refractivity contribution in [2.75, 3.05) is 11.9 Å². The Morgan fingerprint density at radius 2 is 1.90 bits per heavy atom. The van der Waals surface area contributed by atoms with Gasteiger partial charge < -0.3 is 20.2 Å². The first-order chi connectivity index (χ1) is 14.5. The quantitative estimate of drug-likeness (QED) is 0.257. The van der Waals surface area contributed by atoms with Gasteiger partial charge in [-0.1, -0.05) is 6.07 Å². The molecule has 2 aromatic carbocycles. The van der Waals surface area contributed by atoms with Gasteiger partial charge in [0.2, 0.25) is 0 Å². The van der Waals surface area contributed by atoms with Crippen LogP contribution in [0.2, 0.25) is 0 Å². The monoisotopic (exact) mass is 418 g/mol. The summed E-state index contributed by atoms with van der Waals surface area (Å²) in [4.78, 5) is 23.8. The van der Waals surface area contributed by atoms with Crippen LogP contribution in [0.15, 0.2) is 63.8 Å². The molecule has 30 heavy (non-hydrogen) atoms. The van der Waals surface area contributed by atoms with E-state index in [9.17, 15) is 14.7 Å². The summed E-state index contributed by atoms with van der Waals surface area (Å²) in [6.45, 7) is 2.63. The maximum atomic E-state index is 12.0. The number of thiocarbonyl (C=S) groups is 1. The molecule has 1 aliphatic heterocycles. The molecule has 0 aromatic heterocycles. The Labute approximate surface area is 177 Å². The maximum absolute atomic E-state index is 12.0. The van der Waals surface area contributed by atoms with Crippen molar-refractivity contribution >= 4 is 40.3 Å². The predicted octanol–water partition coefficient (Wildman–Crippen LogP) is 4.39. The van der Waals surface area contributed by atoms with Gasteiger partial charge >= 0.3 is 0 Å². The van der Waals surface area contributed by atoms with Gasteiger partial charge in [0, 0.05) is 46.4 Å². The fraction of sp³-hybridized carbons (Fsp3) is 0.0870. The summed E-state index contributed by atoms with van der Waals surface area (Å²) >= 11 is 5.22. The molecule has 3 N–H and O–H groups in total. The average Bonchev–Trinajstić information content (AvgIpc) is 2.72. The molecule has 0 radical (unpaired) electrons. The molecule has 1 aliphatic carbocycles.